The van der Waals surface area contributed by atoms with E-state index >= 15 is 0 Å². The number of allylic oxidation sites excluding steroid dienone is 1. The summed E-state index contributed by atoms with van der Waals surface area (Å²) < 4.78 is 0. The number of hydrogen-bond donors (Lipinski definition) is 0. The van der Waals surface area contributed by atoms with Crippen LogP contribution in [0.25, 0.3) is 0 Å². The summed E-state index contributed by atoms with van der Waals surface area (Å²) in [6, 6.07) is 0. The maximum Gasteiger partial charge on any atom is 0.333 e. The van der Waals surface area contributed by atoms with Gasteiger partial charge >= 0.3 is 5.16 Å². The molecule has 58 valence electrons. The molecule has 10 heavy (non-hydrogen) atoms. The first-order valence-electron chi connectivity index (χ1n) is 3.18. The van der Waals surface area contributed by atoms with Gasteiger partial charge in [-0.25, -0.2) is 0 Å². The van der Waals surface area contributed by atoms with Crippen LogP contribution >= 0.6 is 11.6 Å². The lowest BCUT2D eigenvalue weighted by atomic mass is 10.2. The van der Waals surface area contributed by atoms with Crippen molar-refractivity contribution in [2.75, 3.05) is 0 Å². The largest absolute Gasteiger partial charge is 0.333 e. The van der Waals surface area contributed by atoms with E-state index in [1.54, 1.807) is 0 Å². The van der Waals surface area contributed by atoms with Gasteiger partial charge in [0.1, 0.15) is 0 Å². The Morgan fingerprint density at radius 1 is 1.80 bits per heavy atom. The molecule has 0 saturated carbocycles. The highest BCUT2D eigenvalue weighted by atomic mass is 35.5. The maximum absolute atomic E-state index is 9.90. The minimum atomic E-state index is -0.586. The van der Waals surface area contributed by atoms with Crippen molar-refractivity contribution in [2.45, 2.75) is 26.2 Å². The van der Waals surface area contributed by atoms with Crippen LogP contribution in [-0.2, 0) is 0 Å². The highest BCUT2D eigenvalue weighted by molar-refractivity contribution is 6.27. The van der Waals surface area contributed by atoms with Crippen LogP contribution in [0.2, 0.25) is 0 Å². The van der Waals surface area contributed by atoms with Crippen LogP contribution in [0, 0.1) is 10.1 Å². The zero-order chi connectivity index (χ0) is 7.98. The Kier molecular flexibility index (Phi) is 4.94. The van der Waals surface area contributed by atoms with Crippen molar-refractivity contribution in [3.05, 3.63) is 21.3 Å². The maximum atomic E-state index is 9.90. The number of nitro groups is 1. The predicted molar refractivity (Wildman–Crippen MR) is 40.5 cm³/mol. The Morgan fingerprint density at radius 3 is 2.80 bits per heavy atom. The molecule has 0 aliphatic heterocycles. The summed E-state index contributed by atoms with van der Waals surface area (Å²) in [5.74, 6) is 0. The van der Waals surface area contributed by atoms with Crippen molar-refractivity contribution in [3.63, 3.8) is 0 Å². The summed E-state index contributed by atoms with van der Waals surface area (Å²) in [6.07, 6.45) is 4.10. The smallest absolute Gasteiger partial charge is 0.257 e. The summed E-state index contributed by atoms with van der Waals surface area (Å²) in [7, 11) is 0. The number of nitrogens with zero attached hydrogens (tertiary/aromatic N) is 1. The summed E-state index contributed by atoms with van der Waals surface area (Å²) in [4.78, 5) is 9.31. The minimum Gasteiger partial charge on any atom is -0.257 e. The fourth-order valence-electron chi connectivity index (χ4n) is 0.500. The third-order valence-electron chi connectivity index (χ3n) is 1.04. The Balaban J connectivity index is 3.58. The van der Waals surface area contributed by atoms with Crippen molar-refractivity contribution < 1.29 is 4.92 Å². The van der Waals surface area contributed by atoms with E-state index in [9.17, 15) is 10.1 Å². The Hall–Kier alpha value is -0.570. The van der Waals surface area contributed by atoms with E-state index in [0.717, 1.165) is 12.8 Å². The van der Waals surface area contributed by atoms with Crippen LogP contribution in [0.3, 0.4) is 0 Å². The molecule has 0 atom stereocenters. The molecule has 0 amide bonds. The van der Waals surface area contributed by atoms with Gasteiger partial charge in [-0.05, 0) is 24.4 Å². The van der Waals surface area contributed by atoms with Crippen LogP contribution < -0.4 is 0 Å². The van der Waals surface area contributed by atoms with Crippen molar-refractivity contribution in [1.82, 2.24) is 0 Å². The molecule has 0 rings (SSSR count). The van der Waals surface area contributed by atoms with Crippen molar-refractivity contribution in [3.8, 4) is 0 Å². The van der Waals surface area contributed by atoms with Crippen molar-refractivity contribution >= 4 is 11.6 Å². The van der Waals surface area contributed by atoms with Crippen molar-refractivity contribution in [2.24, 2.45) is 0 Å². The molecule has 0 fully saturated rings. The van der Waals surface area contributed by atoms with Gasteiger partial charge in [-0.3, -0.25) is 10.1 Å². The molecule has 0 aliphatic rings. The number of halogens is 1. The Labute approximate surface area is 64.8 Å². The molecule has 3 nitrogen and oxygen atoms in total. The second-order valence-corrected chi connectivity index (χ2v) is 2.31. The van der Waals surface area contributed by atoms with E-state index in [1.165, 1.54) is 6.08 Å². The van der Waals surface area contributed by atoms with E-state index in [2.05, 4.69) is 0 Å². The molecule has 0 aromatic carbocycles. The molecule has 4 heteroatoms. The topological polar surface area (TPSA) is 43.1 Å². The van der Waals surface area contributed by atoms with Gasteiger partial charge in [-0.2, -0.15) is 0 Å². The lowest BCUT2D eigenvalue weighted by molar-refractivity contribution is -0.412. The molecular weight excluding hydrogens is 154 g/mol. The quantitative estimate of drug-likeness (QED) is 0.277. The van der Waals surface area contributed by atoms with Gasteiger partial charge in [-0.1, -0.05) is 13.3 Å². The van der Waals surface area contributed by atoms with Crippen LogP contribution in [0.15, 0.2) is 11.2 Å². The van der Waals surface area contributed by atoms with Gasteiger partial charge in [0, 0.05) is 6.08 Å². The van der Waals surface area contributed by atoms with E-state index in [4.69, 9.17) is 11.6 Å². The van der Waals surface area contributed by atoms with Gasteiger partial charge in [0.05, 0.1) is 4.92 Å². The van der Waals surface area contributed by atoms with E-state index in [-0.39, 0.29) is 5.16 Å². The third-order valence-corrected chi connectivity index (χ3v) is 1.34. The normalized spacial score (nSPS) is 11.6. The van der Waals surface area contributed by atoms with Gasteiger partial charge < -0.3 is 0 Å². The first-order chi connectivity index (χ1) is 4.68. The predicted octanol–water partition coefficient (Wildman–Crippen LogP) is 2.53. The average molecular weight is 164 g/mol. The molecule has 0 heterocycles. The van der Waals surface area contributed by atoms with Crippen LogP contribution in [0.5, 0.6) is 0 Å². The first-order valence-corrected chi connectivity index (χ1v) is 3.56. The third kappa shape index (κ3) is 4.32. The molecule has 0 unspecified atom stereocenters. The van der Waals surface area contributed by atoms with Crippen LogP contribution in [-0.4, -0.2) is 4.92 Å². The Bertz CT molecular complexity index is 145. The average Bonchev–Trinajstić information content (AvgIpc) is 1.88. The standard InChI is InChI=1S/C6H10ClNO2/c1-2-3-4-5-6(7)8(9)10/h5H,2-4H2,1H3/b6-5+. The summed E-state index contributed by atoms with van der Waals surface area (Å²) in [6.45, 7) is 2.02. The number of hydrogen-bond acceptors (Lipinski definition) is 2. The zero-order valence-corrected chi connectivity index (χ0v) is 6.60. The fourth-order valence-corrected chi connectivity index (χ4v) is 0.609. The van der Waals surface area contributed by atoms with Gasteiger partial charge in [0.15, 0.2) is 0 Å². The zero-order valence-electron chi connectivity index (χ0n) is 5.84. The Morgan fingerprint density at radius 2 is 2.40 bits per heavy atom. The molecule has 0 aromatic rings. The molecule has 0 N–H and O–H groups in total. The fraction of sp³-hybridized carbons (Fsp3) is 0.667. The lowest BCUT2D eigenvalue weighted by Gasteiger charge is -1.87. The molecule has 0 aromatic heterocycles. The van der Waals surface area contributed by atoms with E-state index in [1.807, 2.05) is 6.92 Å². The molecular formula is C6H10ClNO2. The SMILES string of the molecule is CCCC/C=C(\Cl)[N+](=O)[O-]. The molecule has 0 saturated heterocycles. The van der Waals surface area contributed by atoms with Crippen LogP contribution in [0.4, 0.5) is 0 Å². The molecule has 0 bridgehead atoms. The highest BCUT2D eigenvalue weighted by Crippen LogP contribution is 2.05. The minimum absolute atomic E-state index is 0.270. The van der Waals surface area contributed by atoms with Gasteiger partial charge in [0.25, 0.3) is 0 Å². The summed E-state index contributed by atoms with van der Waals surface area (Å²) in [5, 5.41) is 9.63. The second kappa shape index (κ2) is 5.23. The summed E-state index contributed by atoms with van der Waals surface area (Å²) in [5.41, 5.74) is 0. The van der Waals surface area contributed by atoms with E-state index < -0.39 is 4.92 Å². The van der Waals surface area contributed by atoms with Gasteiger partial charge in [-0.15, -0.1) is 0 Å². The van der Waals surface area contributed by atoms with E-state index in [0.29, 0.717) is 6.42 Å². The second-order valence-electron chi connectivity index (χ2n) is 1.93. The summed E-state index contributed by atoms with van der Waals surface area (Å²) >= 11 is 5.21. The first kappa shape index (κ1) is 9.43. The number of unbranched alkanes of at least 4 members (excludes halogenated alkanes) is 2. The van der Waals surface area contributed by atoms with Crippen LogP contribution in [0.1, 0.15) is 26.2 Å². The monoisotopic (exact) mass is 163 g/mol. The highest BCUT2D eigenvalue weighted by Gasteiger charge is 2.02. The van der Waals surface area contributed by atoms with Gasteiger partial charge in [0.2, 0.25) is 0 Å². The van der Waals surface area contributed by atoms with Crippen molar-refractivity contribution in [1.29, 1.82) is 0 Å². The lowest BCUT2D eigenvalue weighted by Crippen LogP contribution is -1.90. The molecule has 0 radical (unpaired) electrons. The molecule has 0 aliphatic carbocycles. The number of rotatable bonds is 4. The molecule has 0 spiro atoms.